The first-order chi connectivity index (χ1) is 4.70. The Morgan fingerprint density at radius 1 is 1.80 bits per heavy atom. The Kier molecular flexibility index (Phi) is 2.06. The van der Waals surface area contributed by atoms with E-state index in [1.807, 2.05) is 30.1 Å². The molecular weight excluding hydrogens is 144 g/mol. The van der Waals surface area contributed by atoms with E-state index in [9.17, 15) is 0 Å². The zero-order valence-electron chi connectivity index (χ0n) is 6.16. The first-order valence-corrected chi connectivity index (χ1v) is 3.88. The van der Waals surface area contributed by atoms with E-state index in [1.54, 1.807) is 11.3 Å². The molecule has 0 amide bonds. The van der Waals surface area contributed by atoms with E-state index in [0.717, 1.165) is 10.5 Å². The van der Waals surface area contributed by atoms with Gasteiger partial charge in [-0.3, -0.25) is 0 Å². The summed E-state index contributed by atoms with van der Waals surface area (Å²) in [6, 6.07) is 0. The number of allylic oxidation sites excluding steroid dienone is 1. The second kappa shape index (κ2) is 2.84. The number of aryl methyl sites for hydroxylation is 1. The first-order valence-electron chi connectivity index (χ1n) is 3.00. The summed E-state index contributed by atoms with van der Waals surface area (Å²) in [7, 11) is 1.97. The number of thiazole rings is 1. The van der Waals surface area contributed by atoms with E-state index in [1.165, 1.54) is 0 Å². The Hall–Kier alpha value is -0.830. The van der Waals surface area contributed by atoms with Crippen molar-refractivity contribution in [3.8, 4) is 0 Å². The minimum atomic E-state index is 0.845. The van der Waals surface area contributed by atoms with Gasteiger partial charge in [-0.15, -0.1) is 11.3 Å². The molecule has 0 bridgehead atoms. The lowest BCUT2D eigenvalue weighted by atomic mass is 10.6. The maximum absolute atomic E-state index is 4.21. The quantitative estimate of drug-likeness (QED) is 0.583. The second-order valence-electron chi connectivity index (χ2n) is 2.14. The minimum absolute atomic E-state index is 0.845. The molecule has 0 spiro atoms. The maximum Gasteiger partial charge on any atom is 0.189 e. The van der Waals surface area contributed by atoms with Crippen molar-refractivity contribution in [1.82, 2.24) is 4.57 Å². The Morgan fingerprint density at radius 3 is 2.90 bits per heavy atom. The van der Waals surface area contributed by atoms with E-state index in [-0.39, 0.29) is 0 Å². The summed E-state index contributed by atoms with van der Waals surface area (Å²) in [6.07, 6.45) is 1.98. The molecule has 1 heterocycles. The van der Waals surface area contributed by atoms with Crippen LogP contribution in [0.4, 0.5) is 0 Å². The van der Waals surface area contributed by atoms with Gasteiger partial charge in [-0.25, -0.2) is 4.99 Å². The Morgan fingerprint density at radius 2 is 2.50 bits per heavy atom. The van der Waals surface area contributed by atoms with Gasteiger partial charge in [-0.1, -0.05) is 6.58 Å². The molecule has 0 aliphatic heterocycles. The topological polar surface area (TPSA) is 17.3 Å². The van der Waals surface area contributed by atoms with Gasteiger partial charge in [-0.2, -0.15) is 0 Å². The Bertz CT molecular complexity index is 293. The monoisotopic (exact) mass is 154 g/mol. The van der Waals surface area contributed by atoms with Crippen LogP contribution in [-0.2, 0) is 7.05 Å². The van der Waals surface area contributed by atoms with E-state index >= 15 is 0 Å². The lowest BCUT2D eigenvalue weighted by molar-refractivity contribution is 0.866. The van der Waals surface area contributed by atoms with Crippen LogP contribution >= 0.6 is 11.3 Å². The second-order valence-corrected chi connectivity index (χ2v) is 3.02. The fourth-order valence-corrected chi connectivity index (χ4v) is 1.40. The molecule has 0 radical (unpaired) electrons. The number of hydrogen-bond acceptors (Lipinski definition) is 2. The van der Waals surface area contributed by atoms with Crippen LogP contribution in [0.2, 0.25) is 0 Å². The summed E-state index contributed by atoms with van der Waals surface area (Å²) < 4.78 is 1.97. The van der Waals surface area contributed by atoms with Crippen LogP contribution in [0.1, 0.15) is 6.92 Å². The third kappa shape index (κ3) is 1.57. The molecule has 0 saturated heterocycles. The summed E-state index contributed by atoms with van der Waals surface area (Å²) in [6.45, 7) is 5.59. The van der Waals surface area contributed by atoms with Crippen LogP contribution < -0.4 is 4.80 Å². The van der Waals surface area contributed by atoms with Crippen molar-refractivity contribution in [2.45, 2.75) is 6.92 Å². The average molecular weight is 154 g/mol. The molecule has 1 aromatic rings. The summed E-state index contributed by atoms with van der Waals surface area (Å²) in [5.41, 5.74) is 0.845. The molecular formula is C7H10N2S. The standard InChI is InChI=1S/C7H10N2S/c1-6(2)8-7-9(3)4-5-10-7/h4-5H,1H2,2-3H3. The van der Waals surface area contributed by atoms with Crippen LogP contribution in [0.3, 0.4) is 0 Å². The molecule has 0 unspecified atom stereocenters. The highest BCUT2D eigenvalue weighted by atomic mass is 32.1. The molecule has 3 heteroatoms. The third-order valence-corrected chi connectivity index (χ3v) is 1.89. The van der Waals surface area contributed by atoms with Crippen LogP contribution in [-0.4, -0.2) is 4.57 Å². The Labute approximate surface area is 64.2 Å². The average Bonchev–Trinajstić information content (AvgIpc) is 2.15. The highest BCUT2D eigenvalue weighted by Gasteiger charge is 1.85. The molecule has 0 N–H and O–H groups in total. The van der Waals surface area contributed by atoms with Gasteiger partial charge in [0.15, 0.2) is 4.80 Å². The van der Waals surface area contributed by atoms with Crippen molar-refractivity contribution in [2.75, 3.05) is 0 Å². The summed E-state index contributed by atoms with van der Waals surface area (Å²) in [4.78, 5) is 5.20. The lowest BCUT2D eigenvalue weighted by Crippen LogP contribution is -2.08. The van der Waals surface area contributed by atoms with Gasteiger partial charge in [0.1, 0.15) is 0 Å². The molecule has 0 aliphatic rings. The normalized spacial score (nSPS) is 12.0. The van der Waals surface area contributed by atoms with Crippen molar-refractivity contribution in [2.24, 2.45) is 12.0 Å². The third-order valence-electron chi connectivity index (χ3n) is 1.05. The predicted octanol–water partition coefficient (Wildman–Crippen LogP) is 1.52. The zero-order chi connectivity index (χ0) is 7.56. The van der Waals surface area contributed by atoms with E-state index < -0.39 is 0 Å². The van der Waals surface area contributed by atoms with Crippen LogP contribution in [0.5, 0.6) is 0 Å². The molecule has 0 aliphatic carbocycles. The van der Waals surface area contributed by atoms with Gasteiger partial charge < -0.3 is 4.57 Å². The largest absolute Gasteiger partial charge is 0.327 e. The SMILES string of the molecule is C=C(C)N=c1sccn1C. The van der Waals surface area contributed by atoms with Crippen molar-refractivity contribution >= 4 is 11.3 Å². The molecule has 2 nitrogen and oxygen atoms in total. The molecule has 0 atom stereocenters. The molecule has 54 valence electrons. The molecule has 10 heavy (non-hydrogen) atoms. The van der Waals surface area contributed by atoms with Crippen molar-refractivity contribution < 1.29 is 0 Å². The van der Waals surface area contributed by atoms with Gasteiger partial charge in [0.2, 0.25) is 0 Å². The van der Waals surface area contributed by atoms with Gasteiger partial charge in [0.25, 0.3) is 0 Å². The molecule has 1 aromatic heterocycles. The highest BCUT2D eigenvalue weighted by molar-refractivity contribution is 7.07. The predicted molar refractivity (Wildman–Crippen MR) is 43.7 cm³/mol. The van der Waals surface area contributed by atoms with Crippen LogP contribution in [0.25, 0.3) is 0 Å². The van der Waals surface area contributed by atoms with Crippen molar-refractivity contribution in [3.05, 3.63) is 28.7 Å². The summed E-state index contributed by atoms with van der Waals surface area (Å²) >= 11 is 1.61. The van der Waals surface area contributed by atoms with Crippen LogP contribution in [0.15, 0.2) is 28.8 Å². The number of hydrogen-bond donors (Lipinski definition) is 0. The molecule has 0 fully saturated rings. The lowest BCUT2D eigenvalue weighted by Gasteiger charge is -1.87. The van der Waals surface area contributed by atoms with Crippen molar-refractivity contribution in [1.29, 1.82) is 0 Å². The molecule has 0 saturated carbocycles. The van der Waals surface area contributed by atoms with Gasteiger partial charge in [-0.05, 0) is 6.92 Å². The fourth-order valence-electron chi connectivity index (χ4n) is 0.598. The maximum atomic E-state index is 4.21. The van der Waals surface area contributed by atoms with E-state index in [0.29, 0.717) is 0 Å². The highest BCUT2D eigenvalue weighted by Crippen LogP contribution is 1.90. The van der Waals surface area contributed by atoms with Gasteiger partial charge in [0.05, 0.1) is 0 Å². The van der Waals surface area contributed by atoms with E-state index in [2.05, 4.69) is 11.6 Å². The minimum Gasteiger partial charge on any atom is -0.327 e. The van der Waals surface area contributed by atoms with Gasteiger partial charge >= 0.3 is 0 Å². The van der Waals surface area contributed by atoms with Crippen LogP contribution in [0, 0.1) is 0 Å². The number of rotatable bonds is 1. The number of nitrogens with zero attached hydrogens (tertiary/aromatic N) is 2. The number of aromatic nitrogens is 1. The van der Waals surface area contributed by atoms with Crippen molar-refractivity contribution in [3.63, 3.8) is 0 Å². The zero-order valence-corrected chi connectivity index (χ0v) is 6.98. The summed E-state index contributed by atoms with van der Waals surface area (Å²) in [5.74, 6) is 0. The Balaban J connectivity index is 3.15. The smallest absolute Gasteiger partial charge is 0.189 e. The van der Waals surface area contributed by atoms with E-state index in [4.69, 9.17) is 0 Å². The first kappa shape index (κ1) is 7.28. The fraction of sp³-hybridized carbons (Fsp3) is 0.286. The van der Waals surface area contributed by atoms with Gasteiger partial charge in [0, 0.05) is 24.3 Å². The summed E-state index contributed by atoms with van der Waals surface area (Å²) in [5, 5.41) is 2.00. The molecule has 0 aromatic carbocycles. The molecule has 1 rings (SSSR count).